The van der Waals surface area contributed by atoms with Crippen molar-refractivity contribution in [1.29, 1.82) is 0 Å². The first-order valence-electron chi connectivity index (χ1n) is 6.72. The number of likely N-dealkylation sites (tertiary alicyclic amines) is 1. The predicted octanol–water partition coefficient (Wildman–Crippen LogP) is 4.14. The van der Waals surface area contributed by atoms with Gasteiger partial charge in [0.1, 0.15) is 4.88 Å². The van der Waals surface area contributed by atoms with E-state index in [1.165, 1.54) is 11.3 Å². The third-order valence-corrected chi connectivity index (χ3v) is 5.94. The number of halogens is 2. The van der Waals surface area contributed by atoms with Gasteiger partial charge in [-0.3, -0.25) is 9.59 Å². The van der Waals surface area contributed by atoms with E-state index >= 15 is 0 Å². The van der Waals surface area contributed by atoms with Crippen LogP contribution in [0.25, 0.3) is 10.1 Å². The number of carbonyl (C=O) groups is 2. The Balaban J connectivity index is 1.93. The maximum absolute atomic E-state index is 12.7. The molecule has 1 aromatic heterocycles. The fourth-order valence-electron chi connectivity index (χ4n) is 2.63. The molecule has 1 aromatic carbocycles. The molecule has 1 saturated heterocycles. The summed E-state index contributed by atoms with van der Waals surface area (Å²) in [5.74, 6) is -1.09. The van der Waals surface area contributed by atoms with Gasteiger partial charge in [-0.25, -0.2) is 0 Å². The molecular formula is C15H13Cl2NO3S. The normalized spacial score (nSPS) is 21.5. The Kier molecular flexibility index (Phi) is 3.83. The van der Waals surface area contributed by atoms with E-state index in [0.29, 0.717) is 27.9 Å². The molecule has 3 rings (SSSR count). The summed E-state index contributed by atoms with van der Waals surface area (Å²) in [7, 11) is 0. The number of carboxylic acids is 1. The number of nitrogens with zero attached hydrogens (tertiary/aromatic N) is 1. The van der Waals surface area contributed by atoms with Crippen molar-refractivity contribution in [2.75, 3.05) is 13.1 Å². The molecule has 22 heavy (non-hydrogen) atoms. The first-order valence-corrected chi connectivity index (χ1v) is 8.29. The van der Waals surface area contributed by atoms with Crippen LogP contribution in [0.1, 0.15) is 23.0 Å². The monoisotopic (exact) mass is 357 g/mol. The minimum Gasteiger partial charge on any atom is -0.481 e. The summed E-state index contributed by atoms with van der Waals surface area (Å²) in [5, 5.41) is 11.1. The zero-order chi connectivity index (χ0) is 16.1. The van der Waals surface area contributed by atoms with E-state index in [2.05, 4.69) is 0 Å². The number of benzene rings is 1. The summed E-state index contributed by atoms with van der Waals surface area (Å²) in [6, 6.07) is 5.29. The van der Waals surface area contributed by atoms with Crippen molar-refractivity contribution in [3.63, 3.8) is 0 Å². The van der Waals surface area contributed by atoms with E-state index in [0.717, 1.165) is 10.1 Å². The third kappa shape index (κ3) is 2.47. The van der Waals surface area contributed by atoms with Gasteiger partial charge in [0.25, 0.3) is 5.91 Å². The molecule has 2 aromatic rings. The molecule has 1 fully saturated rings. The van der Waals surface area contributed by atoms with E-state index < -0.39 is 11.4 Å². The van der Waals surface area contributed by atoms with Crippen LogP contribution in [0.15, 0.2) is 18.2 Å². The molecule has 116 valence electrons. The number of amides is 1. The number of fused-ring (bicyclic) bond motifs is 1. The number of carbonyl (C=O) groups excluding carboxylic acids is 1. The Morgan fingerprint density at radius 2 is 2.09 bits per heavy atom. The van der Waals surface area contributed by atoms with E-state index in [9.17, 15) is 14.7 Å². The van der Waals surface area contributed by atoms with Crippen LogP contribution < -0.4 is 0 Å². The Labute approximate surface area is 141 Å². The van der Waals surface area contributed by atoms with Gasteiger partial charge in [0.2, 0.25) is 0 Å². The number of thiophene rings is 1. The SMILES string of the molecule is CC1(C(=O)O)CCN(C(=O)c2sc3cc(Cl)ccc3c2Cl)C1. The van der Waals surface area contributed by atoms with Gasteiger partial charge in [-0.05, 0) is 25.5 Å². The largest absolute Gasteiger partial charge is 0.481 e. The predicted molar refractivity (Wildman–Crippen MR) is 88.1 cm³/mol. The summed E-state index contributed by atoms with van der Waals surface area (Å²) < 4.78 is 0.848. The van der Waals surface area contributed by atoms with Crippen LogP contribution in [0.4, 0.5) is 0 Å². The summed E-state index contributed by atoms with van der Waals surface area (Å²) >= 11 is 13.6. The Morgan fingerprint density at radius 3 is 2.73 bits per heavy atom. The molecule has 7 heteroatoms. The molecule has 0 bridgehead atoms. The van der Waals surface area contributed by atoms with E-state index in [1.807, 2.05) is 0 Å². The van der Waals surface area contributed by atoms with Crippen molar-refractivity contribution < 1.29 is 14.7 Å². The maximum atomic E-state index is 12.7. The first kappa shape index (κ1) is 15.6. The zero-order valence-electron chi connectivity index (χ0n) is 11.7. The molecule has 1 aliphatic heterocycles. The molecule has 1 unspecified atom stereocenters. The second-order valence-electron chi connectivity index (χ2n) is 5.73. The van der Waals surface area contributed by atoms with Crippen LogP contribution in [-0.4, -0.2) is 35.0 Å². The third-order valence-electron chi connectivity index (χ3n) is 4.06. The minimum atomic E-state index is -0.887. The average molecular weight is 358 g/mol. The van der Waals surface area contributed by atoms with Crippen molar-refractivity contribution in [2.45, 2.75) is 13.3 Å². The fourth-order valence-corrected chi connectivity index (χ4v) is 4.39. The number of aliphatic carboxylic acids is 1. The van der Waals surface area contributed by atoms with Gasteiger partial charge in [0, 0.05) is 28.2 Å². The molecule has 1 atom stereocenters. The van der Waals surface area contributed by atoms with Crippen LogP contribution >= 0.6 is 34.5 Å². The van der Waals surface area contributed by atoms with Gasteiger partial charge < -0.3 is 10.0 Å². The van der Waals surface area contributed by atoms with E-state index in [4.69, 9.17) is 23.2 Å². The van der Waals surface area contributed by atoms with Gasteiger partial charge in [-0.1, -0.05) is 29.3 Å². The van der Waals surface area contributed by atoms with Gasteiger partial charge in [0.05, 0.1) is 10.4 Å². The number of hydrogen-bond donors (Lipinski definition) is 1. The highest BCUT2D eigenvalue weighted by Gasteiger charge is 2.42. The summed E-state index contributed by atoms with van der Waals surface area (Å²) in [4.78, 5) is 26.0. The molecule has 0 saturated carbocycles. The van der Waals surface area contributed by atoms with Crippen LogP contribution in [0.5, 0.6) is 0 Å². The molecule has 2 heterocycles. The Morgan fingerprint density at radius 1 is 1.36 bits per heavy atom. The van der Waals surface area contributed by atoms with Crippen LogP contribution in [-0.2, 0) is 4.79 Å². The topological polar surface area (TPSA) is 57.6 Å². The van der Waals surface area contributed by atoms with Gasteiger partial charge in [0.15, 0.2) is 0 Å². The fraction of sp³-hybridized carbons (Fsp3) is 0.333. The van der Waals surface area contributed by atoms with Crippen LogP contribution in [0.2, 0.25) is 10.0 Å². The summed E-state index contributed by atoms with van der Waals surface area (Å²) in [5.41, 5.74) is -0.887. The standard InChI is InChI=1S/C15H13Cl2NO3S/c1-15(14(20)21)4-5-18(7-15)13(19)12-11(17)9-3-2-8(16)6-10(9)22-12/h2-3,6H,4-5,7H2,1H3,(H,20,21). The van der Waals surface area contributed by atoms with Crippen molar-refractivity contribution in [3.8, 4) is 0 Å². The quantitative estimate of drug-likeness (QED) is 0.878. The van der Waals surface area contributed by atoms with Gasteiger partial charge in [-0.15, -0.1) is 11.3 Å². The molecule has 1 amide bonds. The lowest BCUT2D eigenvalue weighted by atomic mass is 9.90. The number of carboxylic acid groups (broad SMARTS) is 1. The van der Waals surface area contributed by atoms with Crippen molar-refractivity contribution in [1.82, 2.24) is 4.90 Å². The van der Waals surface area contributed by atoms with Gasteiger partial charge >= 0.3 is 5.97 Å². The minimum absolute atomic E-state index is 0.201. The van der Waals surface area contributed by atoms with Gasteiger partial charge in [-0.2, -0.15) is 0 Å². The molecular weight excluding hydrogens is 345 g/mol. The van der Waals surface area contributed by atoms with Crippen molar-refractivity contribution in [3.05, 3.63) is 33.1 Å². The second kappa shape index (κ2) is 5.41. The maximum Gasteiger partial charge on any atom is 0.311 e. The summed E-state index contributed by atoms with van der Waals surface area (Å²) in [6.45, 7) is 2.29. The zero-order valence-corrected chi connectivity index (χ0v) is 14.1. The molecule has 1 aliphatic rings. The Bertz CT molecular complexity index is 788. The lowest BCUT2D eigenvalue weighted by Gasteiger charge is -2.19. The average Bonchev–Trinajstić information content (AvgIpc) is 3.01. The highest BCUT2D eigenvalue weighted by molar-refractivity contribution is 7.21. The Hall–Kier alpha value is -1.30. The summed E-state index contributed by atoms with van der Waals surface area (Å²) in [6.07, 6.45) is 0.447. The molecule has 4 nitrogen and oxygen atoms in total. The number of hydrogen-bond acceptors (Lipinski definition) is 3. The molecule has 0 radical (unpaired) electrons. The van der Waals surface area contributed by atoms with Crippen LogP contribution in [0, 0.1) is 5.41 Å². The second-order valence-corrected chi connectivity index (χ2v) is 7.59. The lowest BCUT2D eigenvalue weighted by Crippen LogP contribution is -2.34. The lowest BCUT2D eigenvalue weighted by molar-refractivity contribution is -0.147. The van der Waals surface area contributed by atoms with Crippen molar-refractivity contribution in [2.24, 2.45) is 5.41 Å². The first-order chi connectivity index (χ1) is 10.3. The molecule has 1 N–H and O–H groups in total. The highest BCUT2D eigenvalue weighted by atomic mass is 35.5. The smallest absolute Gasteiger partial charge is 0.311 e. The number of rotatable bonds is 2. The van der Waals surface area contributed by atoms with Crippen LogP contribution in [0.3, 0.4) is 0 Å². The molecule has 0 aliphatic carbocycles. The van der Waals surface area contributed by atoms with Crippen molar-refractivity contribution >= 4 is 56.5 Å². The molecule has 0 spiro atoms. The van der Waals surface area contributed by atoms with E-state index in [1.54, 1.807) is 30.0 Å². The van der Waals surface area contributed by atoms with E-state index in [-0.39, 0.29) is 12.5 Å². The highest BCUT2D eigenvalue weighted by Crippen LogP contribution is 2.39.